The van der Waals surface area contributed by atoms with E-state index in [9.17, 15) is 18.0 Å². The molecule has 148 valence electrons. The number of methoxy groups -OCH3 is 2. The fourth-order valence-corrected chi connectivity index (χ4v) is 2.65. The Kier molecular flexibility index (Phi) is 5.30. The maximum atomic E-state index is 12.6. The summed E-state index contributed by atoms with van der Waals surface area (Å²) in [5.41, 5.74) is 0.758. The summed E-state index contributed by atoms with van der Waals surface area (Å²) in [6.45, 7) is -0.270. The monoisotopic (exact) mass is 395 g/mol. The van der Waals surface area contributed by atoms with Crippen LogP contribution in [0.5, 0.6) is 17.2 Å². The lowest BCUT2D eigenvalue weighted by Gasteiger charge is -2.13. The van der Waals surface area contributed by atoms with E-state index in [-0.39, 0.29) is 17.6 Å². The zero-order valence-electron chi connectivity index (χ0n) is 14.9. The summed E-state index contributed by atoms with van der Waals surface area (Å²) in [5.74, 6) is 0.0435. The van der Waals surface area contributed by atoms with Crippen LogP contribution in [0.15, 0.2) is 42.7 Å². The fourth-order valence-electron chi connectivity index (χ4n) is 2.65. The average Bonchev–Trinajstić information content (AvgIpc) is 3.03. The van der Waals surface area contributed by atoms with Crippen LogP contribution < -0.4 is 19.5 Å². The Morgan fingerprint density at radius 1 is 1.14 bits per heavy atom. The van der Waals surface area contributed by atoms with Gasteiger partial charge in [-0.25, -0.2) is 4.98 Å². The normalized spacial score (nSPS) is 11.3. The molecule has 0 aliphatic rings. The van der Waals surface area contributed by atoms with Crippen molar-refractivity contribution < 1.29 is 32.2 Å². The maximum Gasteiger partial charge on any atom is 0.573 e. The second kappa shape index (κ2) is 7.67. The molecule has 3 rings (SSSR count). The molecule has 1 aromatic heterocycles. The molecule has 0 aliphatic carbocycles. The Bertz CT molecular complexity index is 979. The van der Waals surface area contributed by atoms with Gasteiger partial charge in [0, 0.05) is 23.9 Å². The van der Waals surface area contributed by atoms with Crippen molar-refractivity contribution in [2.24, 2.45) is 0 Å². The molecule has 1 amide bonds. The van der Waals surface area contributed by atoms with Gasteiger partial charge in [-0.2, -0.15) is 0 Å². The van der Waals surface area contributed by atoms with Gasteiger partial charge in [-0.15, -0.1) is 13.2 Å². The van der Waals surface area contributed by atoms with Gasteiger partial charge in [-0.1, -0.05) is 6.07 Å². The minimum atomic E-state index is -4.86. The van der Waals surface area contributed by atoms with Crippen molar-refractivity contribution in [3.05, 3.63) is 42.7 Å². The minimum absolute atomic E-state index is 0.0678. The Morgan fingerprint density at radius 2 is 1.82 bits per heavy atom. The van der Waals surface area contributed by atoms with E-state index in [1.165, 1.54) is 43.3 Å². The summed E-state index contributed by atoms with van der Waals surface area (Å²) in [6.07, 6.45) is -3.58. The molecule has 0 saturated carbocycles. The van der Waals surface area contributed by atoms with Crippen molar-refractivity contribution in [3.8, 4) is 17.2 Å². The number of ether oxygens (including phenoxy) is 3. The van der Waals surface area contributed by atoms with Crippen LogP contribution in [0.2, 0.25) is 0 Å². The first-order chi connectivity index (χ1) is 13.3. The molecule has 1 N–H and O–H groups in total. The number of amides is 1. The predicted molar refractivity (Wildman–Crippen MR) is 94.6 cm³/mol. The number of alkyl halides is 3. The van der Waals surface area contributed by atoms with Gasteiger partial charge in [0.2, 0.25) is 5.91 Å². The molecule has 10 heteroatoms. The Morgan fingerprint density at radius 3 is 2.43 bits per heavy atom. The fraction of sp³-hybridized carbons (Fsp3) is 0.222. The molecule has 0 fully saturated rings. The number of imidazole rings is 1. The minimum Gasteiger partial charge on any atom is -0.497 e. The van der Waals surface area contributed by atoms with Gasteiger partial charge in [-0.05, 0) is 12.1 Å². The second-order valence-corrected chi connectivity index (χ2v) is 5.69. The molecule has 2 aromatic carbocycles. The Labute approximate surface area is 157 Å². The molecule has 0 bridgehead atoms. The number of anilines is 1. The van der Waals surface area contributed by atoms with Crippen LogP contribution in [0, 0.1) is 0 Å². The first-order valence-electron chi connectivity index (χ1n) is 8.01. The third-order valence-electron chi connectivity index (χ3n) is 3.78. The van der Waals surface area contributed by atoms with Gasteiger partial charge in [-0.3, -0.25) is 4.79 Å². The van der Waals surface area contributed by atoms with Crippen molar-refractivity contribution >= 4 is 22.6 Å². The second-order valence-electron chi connectivity index (χ2n) is 5.69. The number of para-hydroxylation sites is 1. The van der Waals surface area contributed by atoms with Crippen molar-refractivity contribution in [3.63, 3.8) is 0 Å². The standard InChI is InChI=1S/C18H16F3N3O4/c1-26-12-6-11(7-13(8-12)27-2)23-16(25)9-24-10-22-14-4-3-5-15(17(14)24)28-18(19,20)21/h3-8,10H,9H2,1-2H3,(H,23,25). The largest absolute Gasteiger partial charge is 0.573 e. The van der Waals surface area contributed by atoms with E-state index in [1.807, 2.05) is 0 Å². The third-order valence-corrected chi connectivity index (χ3v) is 3.78. The summed E-state index contributed by atoms with van der Waals surface area (Å²) >= 11 is 0. The number of fused-ring (bicyclic) bond motifs is 1. The molecule has 0 saturated heterocycles. The van der Waals surface area contributed by atoms with Crippen LogP contribution in [0.1, 0.15) is 0 Å². The topological polar surface area (TPSA) is 74.6 Å². The summed E-state index contributed by atoms with van der Waals surface area (Å²) in [5, 5.41) is 2.65. The Hall–Kier alpha value is -3.43. The van der Waals surface area contributed by atoms with Crippen LogP contribution >= 0.6 is 0 Å². The van der Waals surface area contributed by atoms with Crippen LogP contribution in [0.3, 0.4) is 0 Å². The van der Waals surface area contributed by atoms with Crippen molar-refractivity contribution in [2.45, 2.75) is 12.9 Å². The number of carbonyl (C=O) groups excluding carboxylic acids is 1. The molecule has 1 heterocycles. The number of hydrogen-bond acceptors (Lipinski definition) is 5. The lowest BCUT2D eigenvalue weighted by Crippen LogP contribution is -2.20. The van der Waals surface area contributed by atoms with E-state index < -0.39 is 18.0 Å². The summed E-state index contributed by atoms with van der Waals surface area (Å²) in [6, 6.07) is 8.90. The van der Waals surface area contributed by atoms with Crippen LogP contribution in [0.4, 0.5) is 18.9 Å². The smallest absolute Gasteiger partial charge is 0.497 e. The molecule has 7 nitrogen and oxygen atoms in total. The van der Waals surface area contributed by atoms with E-state index in [0.717, 1.165) is 0 Å². The molecule has 28 heavy (non-hydrogen) atoms. The Balaban J connectivity index is 1.84. The van der Waals surface area contributed by atoms with Crippen LogP contribution in [-0.2, 0) is 11.3 Å². The van der Waals surface area contributed by atoms with Crippen molar-refractivity contribution in [1.82, 2.24) is 9.55 Å². The summed E-state index contributed by atoms with van der Waals surface area (Å²) in [4.78, 5) is 16.4. The molecule has 3 aromatic rings. The molecule has 0 radical (unpaired) electrons. The van der Waals surface area contributed by atoms with Gasteiger partial charge >= 0.3 is 6.36 Å². The predicted octanol–water partition coefficient (Wildman–Crippen LogP) is 3.59. The SMILES string of the molecule is COc1cc(NC(=O)Cn2cnc3cccc(OC(F)(F)F)c32)cc(OC)c1. The highest BCUT2D eigenvalue weighted by molar-refractivity contribution is 5.92. The van der Waals surface area contributed by atoms with Gasteiger partial charge in [0.25, 0.3) is 0 Å². The van der Waals surface area contributed by atoms with Gasteiger partial charge < -0.3 is 24.1 Å². The lowest BCUT2D eigenvalue weighted by molar-refractivity contribution is -0.274. The van der Waals surface area contributed by atoms with E-state index in [4.69, 9.17) is 9.47 Å². The molecular formula is C18H16F3N3O4. The van der Waals surface area contributed by atoms with Crippen LogP contribution in [-0.4, -0.2) is 36.0 Å². The maximum absolute atomic E-state index is 12.6. The molecular weight excluding hydrogens is 379 g/mol. The number of nitrogens with one attached hydrogen (secondary N) is 1. The number of carbonyl (C=O) groups is 1. The van der Waals surface area contributed by atoms with E-state index >= 15 is 0 Å². The number of aromatic nitrogens is 2. The van der Waals surface area contributed by atoms with E-state index in [0.29, 0.717) is 17.2 Å². The highest BCUT2D eigenvalue weighted by atomic mass is 19.4. The molecule has 0 spiro atoms. The van der Waals surface area contributed by atoms with Gasteiger partial charge in [0.1, 0.15) is 23.6 Å². The highest BCUT2D eigenvalue weighted by Crippen LogP contribution is 2.30. The first-order valence-corrected chi connectivity index (χ1v) is 8.01. The zero-order valence-corrected chi connectivity index (χ0v) is 14.9. The third kappa shape index (κ3) is 4.45. The number of benzene rings is 2. The van der Waals surface area contributed by atoms with Crippen LogP contribution in [0.25, 0.3) is 11.0 Å². The van der Waals surface area contributed by atoms with E-state index in [1.54, 1.807) is 18.2 Å². The lowest BCUT2D eigenvalue weighted by atomic mass is 10.2. The van der Waals surface area contributed by atoms with Gasteiger partial charge in [0.15, 0.2) is 5.75 Å². The first kappa shape index (κ1) is 19.3. The zero-order chi connectivity index (χ0) is 20.3. The highest BCUT2D eigenvalue weighted by Gasteiger charge is 2.32. The summed E-state index contributed by atoms with van der Waals surface area (Å²) in [7, 11) is 2.94. The average molecular weight is 395 g/mol. The summed E-state index contributed by atoms with van der Waals surface area (Å²) < 4.78 is 53.5. The number of halogens is 3. The molecule has 0 unspecified atom stereocenters. The molecule has 0 atom stereocenters. The number of rotatable bonds is 6. The quantitative estimate of drug-likeness (QED) is 0.691. The molecule has 0 aliphatic heterocycles. The van der Waals surface area contributed by atoms with Crippen molar-refractivity contribution in [2.75, 3.05) is 19.5 Å². The van der Waals surface area contributed by atoms with Crippen molar-refractivity contribution in [1.29, 1.82) is 0 Å². The van der Waals surface area contributed by atoms with Gasteiger partial charge in [0.05, 0.1) is 26.1 Å². The number of hydrogen-bond donors (Lipinski definition) is 1. The van der Waals surface area contributed by atoms with E-state index in [2.05, 4.69) is 15.0 Å². The number of nitrogens with zero attached hydrogens (tertiary/aromatic N) is 2.